The number of quaternary nitrogens is 1. The summed E-state index contributed by atoms with van der Waals surface area (Å²) in [6, 6.07) is -0.915. The summed E-state index contributed by atoms with van der Waals surface area (Å²) in [6.07, 6.45) is 85.9. The van der Waals surface area contributed by atoms with Gasteiger partial charge in [-0.05, 0) is 122 Å². The number of ether oxygens (including phenoxy) is 1. The van der Waals surface area contributed by atoms with Crippen LogP contribution in [0.1, 0.15) is 278 Å². The van der Waals surface area contributed by atoms with E-state index in [1.807, 2.05) is 33.3 Å². The lowest BCUT2D eigenvalue weighted by Gasteiger charge is -2.30. The number of hydrogen-bond acceptors (Lipinski definition) is 7. The first-order valence-electron chi connectivity index (χ1n) is 33.8. The standard InChI is InChI=1S/C73H127N2O7P/c1-7-10-13-16-19-22-25-28-30-32-34-36-37-39-40-42-44-47-50-53-56-59-62-65-72(76)74-70(69-81-83(78,79)80-68-67-75(4,5)6)71(64-61-58-55-52-49-46-27-24-21-18-15-12-9-3)82-73(77)66-63-60-57-54-51-48-45-43-41-38-35-33-31-29-26-23-20-17-14-11-8-2/h10,13,19-20,22-23,28-31,34-36,38-40,44,47,61,64,70-71H,7-9,11-12,14-18,21,24-27,32-33,37,41-43,45-46,48-60,62-63,65-69H2,1-6H3,(H-,74,76,78,79)/b13-10-,22-19-,23-20-,30-28-,31-29-,36-34-,38-35-,40-39-,47-44-,64-61+. The molecule has 3 atom stereocenters. The quantitative estimate of drug-likeness (QED) is 0.0212. The second-order valence-corrected chi connectivity index (χ2v) is 25.0. The minimum atomic E-state index is -4.72. The van der Waals surface area contributed by atoms with Gasteiger partial charge in [0.1, 0.15) is 19.3 Å². The highest BCUT2D eigenvalue weighted by Gasteiger charge is 2.27. The van der Waals surface area contributed by atoms with Crippen molar-refractivity contribution in [3.8, 4) is 0 Å². The van der Waals surface area contributed by atoms with E-state index >= 15 is 0 Å². The predicted octanol–water partition coefficient (Wildman–Crippen LogP) is 20.8. The Balaban J connectivity index is 5.27. The van der Waals surface area contributed by atoms with Crippen molar-refractivity contribution >= 4 is 19.7 Å². The lowest BCUT2D eigenvalue weighted by atomic mass is 10.0. The van der Waals surface area contributed by atoms with Crippen LogP contribution in [0.15, 0.2) is 122 Å². The van der Waals surface area contributed by atoms with Gasteiger partial charge in [-0.15, -0.1) is 0 Å². The number of nitrogens with zero attached hydrogens (tertiary/aromatic N) is 1. The zero-order valence-electron chi connectivity index (χ0n) is 54.4. The molecule has 3 unspecified atom stereocenters. The van der Waals surface area contributed by atoms with Crippen molar-refractivity contribution in [2.24, 2.45) is 0 Å². The van der Waals surface area contributed by atoms with Crippen molar-refractivity contribution in [1.82, 2.24) is 5.32 Å². The molecule has 0 aliphatic heterocycles. The molecule has 0 fully saturated rings. The normalized spacial score (nSPS) is 14.3. The SMILES string of the molecule is CC/C=C\C/C=C\C/C=C\C/C=C\C/C=C\C/C=C\CCCCCCC(=O)NC(COP(=O)([O-])OCC[N+](C)(C)C)C(/C=C/CCCCCCCCCCCCC)OC(=O)CCCCCCCCCC/C=C\C/C=C\C/C=C\CCCCC. The van der Waals surface area contributed by atoms with Gasteiger partial charge in [-0.25, -0.2) is 0 Å². The van der Waals surface area contributed by atoms with Crippen molar-refractivity contribution in [3.05, 3.63) is 122 Å². The summed E-state index contributed by atoms with van der Waals surface area (Å²) in [4.78, 5) is 40.2. The molecule has 0 rings (SSSR count). The Morgan fingerprint density at radius 3 is 1.18 bits per heavy atom. The van der Waals surface area contributed by atoms with Crippen molar-refractivity contribution in [1.29, 1.82) is 0 Å². The molecule has 0 saturated carbocycles. The van der Waals surface area contributed by atoms with Crippen LogP contribution in [0.5, 0.6) is 0 Å². The summed E-state index contributed by atoms with van der Waals surface area (Å²) in [5.41, 5.74) is 0. The molecule has 0 radical (unpaired) electrons. The molecular weight excluding hydrogens is 1050 g/mol. The molecule has 0 aromatic carbocycles. The third-order valence-corrected chi connectivity index (χ3v) is 15.3. The second kappa shape index (κ2) is 61.5. The molecule has 0 aliphatic rings. The number of allylic oxidation sites excluding steroid dienone is 19. The van der Waals surface area contributed by atoms with E-state index in [2.05, 4.69) is 135 Å². The minimum Gasteiger partial charge on any atom is -0.756 e. The number of carbonyl (C=O) groups excluding carboxylic acids is 2. The van der Waals surface area contributed by atoms with Gasteiger partial charge in [-0.1, -0.05) is 265 Å². The Bertz CT molecular complexity index is 1830. The smallest absolute Gasteiger partial charge is 0.306 e. The van der Waals surface area contributed by atoms with Crippen LogP contribution in [0, 0.1) is 0 Å². The van der Waals surface area contributed by atoms with E-state index in [1.165, 1.54) is 109 Å². The second-order valence-electron chi connectivity index (χ2n) is 23.6. The fourth-order valence-corrected chi connectivity index (χ4v) is 9.90. The third-order valence-electron chi connectivity index (χ3n) is 14.4. The predicted molar refractivity (Wildman–Crippen MR) is 357 cm³/mol. The van der Waals surface area contributed by atoms with Gasteiger partial charge in [0.2, 0.25) is 5.91 Å². The van der Waals surface area contributed by atoms with Gasteiger partial charge >= 0.3 is 5.97 Å². The molecule has 0 saturated heterocycles. The highest BCUT2D eigenvalue weighted by molar-refractivity contribution is 7.45. The van der Waals surface area contributed by atoms with Crippen LogP contribution in [0.4, 0.5) is 0 Å². The van der Waals surface area contributed by atoms with Crippen molar-refractivity contribution < 1.29 is 37.3 Å². The van der Waals surface area contributed by atoms with E-state index < -0.39 is 26.6 Å². The Labute approximate surface area is 512 Å². The Morgan fingerprint density at radius 1 is 0.434 bits per heavy atom. The molecule has 0 heterocycles. The number of rotatable bonds is 60. The van der Waals surface area contributed by atoms with Crippen molar-refractivity contribution in [2.45, 2.75) is 290 Å². The highest BCUT2D eigenvalue weighted by Crippen LogP contribution is 2.38. The molecule has 0 spiro atoms. The lowest BCUT2D eigenvalue weighted by Crippen LogP contribution is -2.47. The van der Waals surface area contributed by atoms with Gasteiger partial charge in [0.15, 0.2) is 0 Å². The Kier molecular flexibility index (Phi) is 58.8. The monoisotopic (exact) mass is 1170 g/mol. The zero-order chi connectivity index (χ0) is 60.7. The largest absolute Gasteiger partial charge is 0.756 e. The fraction of sp³-hybridized carbons (Fsp3) is 0.699. The third kappa shape index (κ3) is 62.8. The number of likely N-dealkylation sites (N-methyl/N-ethyl adjacent to an activating group) is 1. The maximum absolute atomic E-state index is 13.6. The van der Waals surface area contributed by atoms with E-state index in [4.69, 9.17) is 13.8 Å². The van der Waals surface area contributed by atoms with Crippen LogP contribution >= 0.6 is 7.82 Å². The lowest BCUT2D eigenvalue weighted by molar-refractivity contribution is -0.870. The van der Waals surface area contributed by atoms with Crippen molar-refractivity contribution in [3.63, 3.8) is 0 Å². The average Bonchev–Trinajstić information content (AvgIpc) is 3.46. The van der Waals surface area contributed by atoms with Crippen molar-refractivity contribution in [2.75, 3.05) is 40.9 Å². The van der Waals surface area contributed by atoms with E-state index in [1.54, 1.807) is 0 Å². The minimum absolute atomic E-state index is 0.0352. The van der Waals surface area contributed by atoms with E-state index in [0.717, 1.165) is 122 Å². The Morgan fingerprint density at radius 2 is 0.771 bits per heavy atom. The average molecular weight is 1180 g/mol. The van der Waals surface area contributed by atoms with Crippen LogP contribution < -0.4 is 10.2 Å². The van der Waals surface area contributed by atoms with E-state index in [9.17, 15) is 19.0 Å². The summed E-state index contributed by atoms with van der Waals surface area (Å²) in [5.74, 6) is -0.582. The summed E-state index contributed by atoms with van der Waals surface area (Å²) in [5, 5.41) is 3.02. The summed E-state index contributed by atoms with van der Waals surface area (Å²) in [6.45, 7) is 6.68. The zero-order valence-corrected chi connectivity index (χ0v) is 55.3. The van der Waals surface area contributed by atoms with Gasteiger partial charge < -0.3 is 28.5 Å². The Hall–Kier alpha value is -3.59. The molecule has 1 amide bonds. The topological polar surface area (TPSA) is 114 Å². The number of phosphoric acid groups is 1. The maximum Gasteiger partial charge on any atom is 0.306 e. The van der Waals surface area contributed by atoms with Gasteiger partial charge in [-0.3, -0.25) is 14.2 Å². The first-order valence-corrected chi connectivity index (χ1v) is 35.3. The molecule has 10 heteroatoms. The number of esters is 1. The van der Waals surface area contributed by atoms with E-state index in [0.29, 0.717) is 23.9 Å². The van der Waals surface area contributed by atoms with Crippen LogP contribution in [-0.4, -0.2) is 69.4 Å². The first-order chi connectivity index (χ1) is 40.4. The van der Waals surface area contributed by atoms with Crippen LogP contribution in [-0.2, 0) is 27.9 Å². The molecule has 0 aromatic heterocycles. The summed E-state index contributed by atoms with van der Waals surface area (Å²) in [7, 11) is 1.15. The number of unbranched alkanes of at least 4 members (excludes halogenated alkanes) is 26. The molecule has 1 N–H and O–H groups in total. The van der Waals surface area contributed by atoms with Crippen LogP contribution in [0.25, 0.3) is 0 Å². The number of nitrogens with one attached hydrogen (secondary N) is 1. The summed E-state index contributed by atoms with van der Waals surface area (Å²) >= 11 is 0. The van der Waals surface area contributed by atoms with Gasteiger partial charge in [0.25, 0.3) is 7.82 Å². The molecular formula is C73H127N2O7P. The first kappa shape index (κ1) is 79.4. The molecule has 0 aliphatic carbocycles. The number of phosphoric ester groups is 1. The van der Waals surface area contributed by atoms with Crippen LogP contribution in [0.3, 0.4) is 0 Å². The summed E-state index contributed by atoms with van der Waals surface area (Å²) < 4.78 is 30.4. The van der Waals surface area contributed by atoms with Crippen LogP contribution in [0.2, 0.25) is 0 Å². The molecule has 0 aromatic rings. The number of carbonyl (C=O) groups is 2. The molecule has 0 bridgehead atoms. The van der Waals surface area contributed by atoms with Gasteiger partial charge in [0, 0.05) is 12.8 Å². The fourth-order valence-electron chi connectivity index (χ4n) is 9.18. The molecule has 476 valence electrons. The number of amides is 1. The number of hydrogen-bond donors (Lipinski definition) is 1. The maximum atomic E-state index is 13.6. The highest BCUT2D eigenvalue weighted by atomic mass is 31.2. The van der Waals surface area contributed by atoms with E-state index in [-0.39, 0.29) is 31.3 Å². The van der Waals surface area contributed by atoms with Gasteiger partial charge in [-0.2, -0.15) is 0 Å². The molecule has 83 heavy (non-hydrogen) atoms. The van der Waals surface area contributed by atoms with Gasteiger partial charge in [0.05, 0.1) is 33.8 Å². The molecule has 9 nitrogen and oxygen atoms in total.